The molecule has 4 nitrogen and oxygen atoms in total. The molecule has 1 aromatic rings. The van der Waals surface area contributed by atoms with E-state index in [2.05, 4.69) is 21.6 Å². The Balaban J connectivity index is 2.03. The summed E-state index contributed by atoms with van der Waals surface area (Å²) in [5.41, 5.74) is 5.63. The first-order chi connectivity index (χ1) is 7.33. The van der Waals surface area contributed by atoms with Gasteiger partial charge < -0.3 is 5.73 Å². The lowest BCUT2D eigenvalue weighted by Gasteiger charge is -2.29. The maximum Gasteiger partial charge on any atom is 0.0646 e. The largest absolute Gasteiger partial charge is 0.329 e. The van der Waals surface area contributed by atoms with Crippen LogP contribution in [0.5, 0.6) is 0 Å². The van der Waals surface area contributed by atoms with Gasteiger partial charge in [-0.25, -0.2) is 0 Å². The van der Waals surface area contributed by atoms with Crippen LogP contribution in [0.4, 0.5) is 0 Å². The van der Waals surface area contributed by atoms with E-state index in [-0.39, 0.29) is 0 Å². The van der Waals surface area contributed by atoms with E-state index in [4.69, 9.17) is 5.73 Å². The Hall–Kier alpha value is -0.870. The van der Waals surface area contributed by atoms with E-state index >= 15 is 0 Å². The van der Waals surface area contributed by atoms with Crippen molar-refractivity contribution in [3.63, 3.8) is 0 Å². The molecule has 84 valence electrons. The first kappa shape index (κ1) is 10.6. The van der Waals surface area contributed by atoms with Crippen molar-refractivity contribution in [1.29, 1.82) is 0 Å². The highest BCUT2D eigenvalue weighted by atomic mass is 15.3. The fourth-order valence-corrected chi connectivity index (χ4v) is 2.54. The van der Waals surface area contributed by atoms with Gasteiger partial charge in [0, 0.05) is 31.5 Å². The highest BCUT2D eigenvalue weighted by Gasteiger charge is 2.29. The van der Waals surface area contributed by atoms with E-state index < -0.39 is 0 Å². The first-order valence-corrected chi connectivity index (χ1v) is 5.76. The molecule has 1 aromatic heterocycles. The zero-order valence-corrected chi connectivity index (χ0v) is 9.34. The molecular weight excluding hydrogens is 188 g/mol. The highest BCUT2D eigenvalue weighted by molar-refractivity contribution is 4.89. The Morgan fingerprint density at radius 2 is 2.47 bits per heavy atom. The lowest BCUT2D eigenvalue weighted by molar-refractivity contribution is 0.196. The fourth-order valence-electron chi connectivity index (χ4n) is 2.54. The zero-order chi connectivity index (χ0) is 10.7. The van der Waals surface area contributed by atoms with Gasteiger partial charge in [-0.2, -0.15) is 5.10 Å². The van der Waals surface area contributed by atoms with Gasteiger partial charge >= 0.3 is 0 Å². The van der Waals surface area contributed by atoms with Crippen LogP contribution in [-0.2, 0) is 0 Å². The third-order valence-corrected chi connectivity index (χ3v) is 3.33. The third kappa shape index (κ3) is 2.21. The highest BCUT2D eigenvalue weighted by Crippen LogP contribution is 2.25. The summed E-state index contributed by atoms with van der Waals surface area (Å²) >= 11 is 0. The molecule has 1 aliphatic heterocycles. The number of aromatic nitrogens is 2. The van der Waals surface area contributed by atoms with Crippen LogP contribution in [0.3, 0.4) is 0 Å². The molecule has 2 N–H and O–H groups in total. The molecule has 0 radical (unpaired) electrons. The topological polar surface area (TPSA) is 47.1 Å². The Kier molecular flexibility index (Phi) is 3.38. The SMILES string of the molecule is C[C@@H]([C@@H]1CCCN1CCN)n1cccn1. The molecule has 15 heavy (non-hydrogen) atoms. The second-order valence-electron chi connectivity index (χ2n) is 4.26. The average Bonchev–Trinajstić information content (AvgIpc) is 2.87. The van der Waals surface area contributed by atoms with Crippen molar-refractivity contribution >= 4 is 0 Å². The Bertz CT molecular complexity index is 283. The van der Waals surface area contributed by atoms with Crippen molar-refractivity contribution in [1.82, 2.24) is 14.7 Å². The summed E-state index contributed by atoms with van der Waals surface area (Å²) in [6, 6.07) is 3.04. The standard InChI is InChI=1S/C11H20N4/c1-10(15-8-3-6-13-15)11-4-2-7-14(11)9-5-12/h3,6,8,10-11H,2,4-5,7,9,12H2,1H3/t10-,11-/m0/s1. The molecule has 1 fully saturated rings. The summed E-state index contributed by atoms with van der Waals surface area (Å²) in [5.74, 6) is 0. The molecule has 2 heterocycles. The van der Waals surface area contributed by atoms with Gasteiger partial charge in [0.05, 0.1) is 6.04 Å². The molecule has 0 aliphatic carbocycles. The van der Waals surface area contributed by atoms with Crippen molar-refractivity contribution in [2.45, 2.75) is 31.8 Å². The summed E-state index contributed by atoms with van der Waals surface area (Å²) in [5, 5.41) is 4.31. The number of rotatable bonds is 4. The van der Waals surface area contributed by atoms with Crippen molar-refractivity contribution in [2.24, 2.45) is 5.73 Å². The van der Waals surface area contributed by atoms with Crippen LogP contribution in [0.2, 0.25) is 0 Å². The van der Waals surface area contributed by atoms with Crippen LogP contribution in [0, 0.1) is 0 Å². The maximum atomic E-state index is 5.63. The van der Waals surface area contributed by atoms with E-state index in [1.807, 2.05) is 18.5 Å². The van der Waals surface area contributed by atoms with E-state index in [0.29, 0.717) is 12.1 Å². The average molecular weight is 208 g/mol. The summed E-state index contributed by atoms with van der Waals surface area (Å²) < 4.78 is 2.06. The molecule has 1 aliphatic rings. The molecule has 0 aromatic carbocycles. The maximum absolute atomic E-state index is 5.63. The molecular formula is C11H20N4. The minimum Gasteiger partial charge on any atom is -0.329 e. The first-order valence-electron chi connectivity index (χ1n) is 5.76. The quantitative estimate of drug-likeness (QED) is 0.798. The van der Waals surface area contributed by atoms with Crippen LogP contribution < -0.4 is 5.73 Å². The Morgan fingerprint density at radius 3 is 3.13 bits per heavy atom. The molecule has 0 amide bonds. The Morgan fingerprint density at radius 1 is 1.60 bits per heavy atom. The fraction of sp³-hybridized carbons (Fsp3) is 0.727. The molecule has 1 saturated heterocycles. The predicted octanol–water partition coefficient (Wildman–Crippen LogP) is 0.867. The van der Waals surface area contributed by atoms with Gasteiger partial charge in [0.25, 0.3) is 0 Å². The van der Waals surface area contributed by atoms with Crippen molar-refractivity contribution < 1.29 is 0 Å². The second kappa shape index (κ2) is 4.77. The number of hydrogen-bond donors (Lipinski definition) is 1. The smallest absolute Gasteiger partial charge is 0.0646 e. The summed E-state index contributed by atoms with van der Waals surface area (Å²) in [4.78, 5) is 2.49. The molecule has 2 rings (SSSR count). The number of nitrogens with zero attached hydrogens (tertiary/aromatic N) is 3. The van der Waals surface area contributed by atoms with Crippen LogP contribution in [0.1, 0.15) is 25.8 Å². The van der Waals surface area contributed by atoms with Crippen LogP contribution in [-0.4, -0.2) is 40.4 Å². The van der Waals surface area contributed by atoms with Crippen LogP contribution in [0.15, 0.2) is 18.5 Å². The van der Waals surface area contributed by atoms with Gasteiger partial charge in [-0.1, -0.05) is 0 Å². The minimum absolute atomic E-state index is 0.453. The summed E-state index contributed by atoms with van der Waals surface area (Å²) in [7, 11) is 0. The molecule has 2 atom stereocenters. The monoisotopic (exact) mass is 208 g/mol. The third-order valence-electron chi connectivity index (χ3n) is 3.33. The molecule has 0 bridgehead atoms. The van der Waals surface area contributed by atoms with E-state index in [9.17, 15) is 0 Å². The second-order valence-corrected chi connectivity index (χ2v) is 4.26. The van der Waals surface area contributed by atoms with Crippen molar-refractivity contribution in [3.05, 3.63) is 18.5 Å². The van der Waals surface area contributed by atoms with E-state index in [1.165, 1.54) is 19.4 Å². The molecule has 4 heteroatoms. The van der Waals surface area contributed by atoms with Gasteiger partial charge in [-0.3, -0.25) is 9.58 Å². The number of nitrogens with two attached hydrogens (primary N) is 1. The van der Waals surface area contributed by atoms with Gasteiger partial charge in [0.1, 0.15) is 0 Å². The molecule has 0 saturated carbocycles. The lowest BCUT2D eigenvalue weighted by atomic mass is 10.1. The normalized spacial score (nSPS) is 24.5. The van der Waals surface area contributed by atoms with Gasteiger partial charge in [-0.05, 0) is 32.4 Å². The van der Waals surface area contributed by atoms with E-state index in [1.54, 1.807) is 0 Å². The van der Waals surface area contributed by atoms with Crippen molar-refractivity contribution in [2.75, 3.05) is 19.6 Å². The van der Waals surface area contributed by atoms with Crippen molar-refractivity contribution in [3.8, 4) is 0 Å². The number of hydrogen-bond acceptors (Lipinski definition) is 3. The summed E-state index contributed by atoms with van der Waals surface area (Å²) in [6.45, 7) is 5.19. The minimum atomic E-state index is 0.453. The van der Waals surface area contributed by atoms with Gasteiger partial charge in [0.2, 0.25) is 0 Å². The molecule has 0 spiro atoms. The zero-order valence-electron chi connectivity index (χ0n) is 9.34. The van der Waals surface area contributed by atoms with Crippen LogP contribution in [0.25, 0.3) is 0 Å². The molecule has 0 unspecified atom stereocenters. The van der Waals surface area contributed by atoms with Crippen LogP contribution >= 0.6 is 0 Å². The van der Waals surface area contributed by atoms with E-state index in [0.717, 1.165) is 13.1 Å². The predicted molar refractivity (Wildman–Crippen MR) is 60.6 cm³/mol. The van der Waals surface area contributed by atoms with Gasteiger partial charge in [-0.15, -0.1) is 0 Å². The Labute approximate surface area is 91.1 Å². The summed E-state index contributed by atoms with van der Waals surface area (Å²) in [6.07, 6.45) is 6.44. The lowest BCUT2D eigenvalue weighted by Crippen LogP contribution is -2.38. The number of likely N-dealkylation sites (tertiary alicyclic amines) is 1. The van der Waals surface area contributed by atoms with Gasteiger partial charge in [0.15, 0.2) is 0 Å².